The van der Waals surface area contributed by atoms with Crippen LogP contribution in [-0.2, 0) is 10.8 Å². The Labute approximate surface area is 108 Å². The average Bonchev–Trinajstić information content (AvgIpc) is 2.12. The number of halogens is 2. The van der Waals surface area contributed by atoms with Gasteiger partial charge >= 0.3 is 0 Å². The predicted molar refractivity (Wildman–Crippen MR) is 73.2 cm³/mol. The van der Waals surface area contributed by atoms with Gasteiger partial charge in [0.05, 0.1) is 0 Å². The van der Waals surface area contributed by atoms with Crippen molar-refractivity contribution in [3.05, 3.63) is 28.8 Å². The first-order valence-electron chi connectivity index (χ1n) is 6.17. The van der Waals surface area contributed by atoms with Crippen LogP contribution in [0.4, 0.5) is 14.5 Å². The summed E-state index contributed by atoms with van der Waals surface area (Å²) in [5.41, 5.74) is 7.56. The monoisotopic (exact) mass is 255 g/mol. The zero-order valence-corrected chi connectivity index (χ0v) is 12.1. The summed E-state index contributed by atoms with van der Waals surface area (Å²) in [6.07, 6.45) is -2.49. The maximum Gasteiger partial charge on any atom is 0.264 e. The van der Waals surface area contributed by atoms with E-state index in [1.165, 1.54) is 6.07 Å². The van der Waals surface area contributed by atoms with Crippen molar-refractivity contribution in [3.63, 3.8) is 0 Å². The molecule has 1 nitrogen and oxygen atoms in total. The number of alkyl halides is 2. The molecule has 0 bridgehead atoms. The van der Waals surface area contributed by atoms with Gasteiger partial charge in [-0.25, -0.2) is 8.78 Å². The van der Waals surface area contributed by atoms with Crippen molar-refractivity contribution in [2.45, 2.75) is 58.8 Å². The molecular weight excluding hydrogens is 232 g/mol. The van der Waals surface area contributed by atoms with Gasteiger partial charge in [-0.1, -0.05) is 47.6 Å². The highest BCUT2D eigenvalue weighted by Gasteiger charge is 2.27. The fourth-order valence-corrected chi connectivity index (χ4v) is 2.11. The van der Waals surface area contributed by atoms with Crippen molar-refractivity contribution >= 4 is 5.69 Å². The van der Waals surface area contributed by atoms with E-state index in [2.05, 4.69) is 0 Å². The highest BCUT2D eigenvalue weighted by molar-refractivity contribution is 5.56. The molecule has 0 atom stereocenters. The van der Waals surface area contributed by atoms with Crippen LogP contribution in [0.1, 0.15) is 64.7 Å². The van der Waals surface area contributed by atoms with E-state index in [1.807, 2.05) is 47.6 Å². The molecule has 1 aromatic carbocycles. The summed E-state index contributed by atoms with van der Waals surface area (Å²) in [7, 11) is 0. The molecule has 18 heavy (non-hydrogen) atoms. The first-order valence-corrected chi connectivity index (χ1v) is 6.17. The standard InChI is InChI=1S/C15H23F2N/c1-14(2,3)10-8-11(15(4,5)6)12(18)7-9(10)13(16)17/h7-8,13H,18H2,1-6H3. The molecule has 0 aliphatic rings. The Balaban J connectivity index is 3.57. The molecule has 102 valence electrons. The summed E-state index contributed by atoms with van der Waals surface area (Å²) in [6.45, 7) is 11.9. The second kappa shape index (κ2) is 4.52. The van der Waals surface area contributed by atoms with Crippen LogP contribution in [0.15, 0.2) is 12.1 Å². The molecule has 0 fully saturated rings. The first-order chi connectivity index (χ1) is 7.94. The van der Waals surface area contributed by atoms with Crippen LogP contribution in [0.3, 0.4) is 0 Å². The van der Waals surface area contributed by atoms with Gasteiger partial charge in [-0.3, -0.25) is 0 Å². The molecule has 3 heteroatoms. The van der Waals surface area contributed by atoms with Crippen molar-refractivity contribution in [1.29, 1.82) is 0 Å². The van der Waals surface area contributed by atoms with Crippen molar-refractivity contribution in [1.82, 2.24) is 0 Å². The van der Waals surface area contributed by atoms with Crippen molar-refractivity contribution in [3.8, 4) is 0 Å². The number of hydrogen-bond acceptors (Lipinski definition) is 1. The topological polar surface area (TPSA) is 26.0 Å². The molecule has 0 amide bonds. The Hall–Kier alpha value is -1.12. The molecule has 0 unspecified atom stereocenters. The molecule has 0 radical (unpaired) electrons. The quantitative estimate of drug-likeness (QED) is 0.716. The van der Waals surface area contributed by atoms with Crippen LogP contribution < -0.4 is 5.73 Å². The highest BCUT2D eigenvalue weighted by atomic mass is 19.3. The van der Waals surface area contributed by atoms with Gasteiger partial charge in [0.25, 0.3) is 6.43 Å². The molecule has 0 saturated carbocycles. The summed E-state index contributed by atoms with van der Waals surface area (Å²) in [5.74, 6) is 0. The van der Waals surface area contributed by atoms with Crippen LogP contribution in [0.25, 0.3) is 0 Å². The maximum absolute atomic E-state index is 13.1. The van der Waals surface area contributed by atoms with Gasteiger partial charge in [0, 0.05) is 11.3 Å². The molecule has 0 aliphatic carbocycles. The SMILES string of the molecule is CC(C)(C)c1cc(C(C)(C)C)c(C(F)F)cc1N. The summed E-state index contributed by atoms with van der Waals surface area (Å²) in [4.78, 5) is 0. The third kappa shape index (κ3) is 3.01. The van der Waals surface area contributed by atoms with Gasteiger partial charge < -0.3 is 5.73 Å². The minimum absolute atomic E-state index is 0.0491. The minimum atomic E-state index is -2.49. The van der Waals surface area contributed by atoms with Gasteiger partial charge in [-0.15, -0.1) is 0 Å². The largest absolute Gasteiger partial charge is 0.398 e. The zero-order valence-electron chi connectivity index (χ0n) is 12.1. The molecule has 2 N–H and O–H groups in total. The number of nitrogen functional groups attached to an aromatic ring is 1. The van der Waals surface area contributed by atoms with Crippen LogP contribution >= 0.6 is 0 Å². The zero-order chi connectivity index (χ0) is 14.3. The van der Waals surface area contributed by atoms with Crippen molar-refractivity contribution in [2.24, 2.45) is 0 Å². The maximum atomic E-state index is 13.1. The smallest absolute Gasteiger partial charge is 0.264 e. The van der Waals surface area contributed by atoms with Crippen molar-refractivity contribution in [2.75, 3.05) is 5.73 Å². The lowest BCUT2D eigenvalue weighted by atomic mass is 9.77. The highest BCUT2D eigenvalue weighted by Crippen LogP contribution is 2.38. The van der Waals surface area contributed by atoms with E-state index in [1.54, 1.807) is 0 Å². The van der Waals surface area contributed by atoms with E-state index in [-0.39, 0.29) is 16.4 Å². The molecule has 0 heterocycles. The fourth-order valence-electron chi connectivity index (χ4n) is 2.11. The Bertz CT molecular complexity index is 437. The Morgan fingerprint density at radius 1 is 0.889 bits per heavy atom. The minimum Gasteiger partial charge on any atom is -0.398 e. The summed E-state index contributed by atoms with van der Waals surface area (Å²) in [6, 6.07) is 3.28. The molecule has 1 aromatic rings. The van der Waals surface area contributed by atoms with Gasteiger partial charge in [-0.2, -0.15) is 0 Å². The molecular formula is C15H23F2N. The second-order valence-electron chi connectivity index (χ2n) is 6.83. The summed E-state index contributed by atoms with van der Waals surface area (Å²) in [5, 5.41) is 0. The number of benzene rings is 1. The molecule has 0 aromatic heterocycles. The normalized spacial score (nSPS) is 13.2. The van der Waals surface area contributed by atoms with Crippen LogP contribution in [-0.4, -0.2) is 0 Å². The molecule has 0 saturated heterocycles. The van der Waals surface area contributed by atoms with E-state index in [9.17, 15) is 8.78 Å². The average molecular weight is 255 g/mol. The predicted octanol–water partition coefficient (Wildman–Crippen LogP) is 4.80. The summed E-state index contributed by atoms with van der Waals surface area (Å²) >= 11 is 0. The lowest BCUT2D eigenvalue weighted by molar-refractivity contribution is 0.149. The number of rotatable bonds is 1. The summed E-state index contributed by atoms with van der Waals surface area (Å²) < 4.78 is 26.2. The second-order valence-corrected chi connectivity index (χ2v) is 6.83. The molecule has 0 aliphatic heterocycles. The third-order valence-electron chi connectivity index (χ3n) is 3.07. The van der Waals surface area contributed by atoms with E-state index in [0.29, 0.717) is 11.3 Å². The third-order valence-corrected chi connectivity index (χ3v) is 3.07. The van der Waals surface area contributed by atoms with Crippen LogP contribution in [0.5, 0.6) is 0 Å². The van der Waals surface area contributed by atoms with Gasteiger partial charge in [-0.05, 0) is 28.0 Å². The van der Waals surface area contributed by atoms with E-state index < -0.39 is 6.43 Å². The van der Waals surface area contributed by atoms with Crippen molar-refractivity contribution < 1.29 is 8.78 Å². The lowest BCUT2D eigenvalue weighted by Gasteiger charge is -2.28. The van der Waals surface area contributed by atoms with Gasteiger partial charge in [0.1, 0.15) is 0 Å². The van der Waals surface area contributed by atoms with Gasteiger partial charge in [0.15, 0.2) is 0 Å². The number of hydrogen-bond donors (Lipinski definition) is 1. The number of anilines is 1. The Morgan fingerprint density at radius 2 is 1.33 bits per heavy atom. The van der Waals surface area contributed by atoms with E-state index in [4.69, 9.17) is 5.73 Å². The van der Waals surface area contributed by atoms with Crippen LogP contribution in [0.2, 0.25) is 0 Å². The molecule has 1 rings (SSSR count). The Kier molecular flexibility index (Phi) is 3.75. The molecule has 0 spiro atoms. The fraction of sp³-hybridized carbons (Fsp3) is 0.600. The first kappa shape index (κ1) is 14.9. The lowest BCUT2D eigenvalue weighted by Crippen LogP contribution is -2.20. The van der Waals surface area contributed by atoms with E-state index >= 15 is 0 Å². The number of nitrogens with two attached hydrogens (primary N) is 1. The van der Waals surface area contributed by atoms with E-state index in [0.717, 1.165) is 5.56 Å². The van der Waals surface area contributed by atoms with Crippen LogP contribution in [0, 0.1) is 0 Å². The van der Waals surface area contributed by atoms with Gasteiger partial charge in [0.2, 0.25) is 0 Å². The Morgan fingerprint density at radius 3 is 1.67 bits per heavy atom.